The van der Waals surface area contributed by atoms with E-state index in [4.69, 9.17) is 4.74 Å². The zero-order valence-electron chi connectivity index (χ0n) is 13.1. The van der Waals surface area contributed by atoms with Gasteiger partial charge in [-0.25, -0.2) is 4.79 Å². The van der Waals surface area contributed by atoms with Gasteiger partial charge < -0.3 is 4.74 Å². The molecule has 0 fully saturated rings. The third-order valence-corrected chi connectivity index (χ3v) is 4.76. The molecule has 0 bridgehead atoms. The first-order valence-corrected chi connectivity index (χ1v) is 10.9. The summed E-state index contributed by atoms with van der Waals surface area (Å²) in [6.07, 6.45) is 1.99. The van der Waals surface area contributed by atoms with E-state index in [0.29, 0.717) is 0 Å². The quantitative estimate of drug-likeness (QED) is 0.463. The Kier molecular flexibility index (Phi) is 4.63. The fraction of sp³-hybridized carbons (Fsp3) is 0.278. The molecule has 0 amide bonds. The lowest BCUT2D eigenvalue weighted by Gasteiger charge is -2.17. The zero-order valence-corrected chi connectivity index (χ0v) is 14.1. The third-order valence-electron chi connectivity index (χ3n) is 3.32. The van der Waals surface area contributed by atoms with Crippen LogP contribution in [0.25, 0.3) is 16.8 Å². The molecule has 21 heavy (non-hydrogen) atoms. The highest BCUT2D eigenvalue weighted by molar-refractivity contribution is 6.77. The summed E-state index contributed by atoms with van der Waals surface area (Å²) in [5.41, 5.74) is 1.85. The summed E-state index contributed by atoms with van der Waals surface area (Å²) in [6, 6.07) is 15.2. The fourth-order valence-corrected chi connectivity index (χ4v) is 3.84. The monoisotopic (exact) mass is 298 g/mol. The molecule has 3 heteroatoms. The summed E-state index contributed by atoms with van der Waals surface area (Å²) in [7, 11) is 0.0581. The molecule has 0 N–H and O–H groups in total. The van der Waals surface area contributed by atoms with Crippen LogP contribution in [0.3, 0.4) is 0 Å². The Balaban J connectivity index is 2.51. The van der Waals surface area contributed by atoms with Crippen LogP contribution < -0.4 is 0 Å². The van der Waals surface area contributed by atoms with E-state index in [1.54, 1.807) is 0 Å². The van der Waals surface area contributed by atoms with Gasteiger partial charge in [0.1, 0.15) is 0 Å². The second-order valence-corrected chi connectivity index (χ2v) is 11.9. The topological polar surface area (TPSA) is 26.3 Å². The Morgan fingerprint density at radius 3 is 2.43 bits per heavy atom. The summed E-state index contributed by atoms with van der Waals surface area (Å²) in [6.45, 7) is 6.77. The van der Waals surface area contributed by atoms with Gasteiger partial charge in [0.2, 0.25) is 0 Å². The molecule has 0 aliphatic heterocycles. The highest BCUT2D eigenvalue weighted by Gasteiger charge is 2.20. The van der Waals surface area contributed by atoms with Crippen molar-refractivity contribution in [3.8, 4) is 0 Å². The zero-order chi connectivity index (χ0) is 15.5. The van der Waals surface area contributed by atoms with E-state index in [1.165, 1.54) is 12.5 Å². The van der Waals surface area contributed by atoms with Gasteiger partial charge in [0.15, 0.2) is 0 Å². The molecule has 0 saturated carbocycles. The average Bonchev–Trinajstić information content (AvgIpc) is 2.44. The van der Waals surface area contributed by atoms with E-state index < -0.39 is 8.07 Å². The maximum atomic E-state index is 12.1. The highest BCUT2D eigenvalue weighted by Crippen LogP contribution is 2.24. The van der Waals surface area contributed by atoms with Crippen molar-refractivity contribution >= 4 is 30.9 Å². The molecule has 2 nitrogen and oxygen atoms in total. The Morgan fingerprint density at radius 1 is 1.10 bits per heavy atom. The number of benzene rings is 2. The first-order chi connectivity index (χ1) is 9.90. The van der Waals surface area contributed by atoms with Crippen molar-refractivity contribution in [2.75, 3.05) is 7.11 Å². The Labute approximate surface area is 127 Å². The third kappa shape index (κ3) is 4.05. The normalized spacial score (nSPS) is 12.5. The fourth-order valence-electron chi connectivity index (χ4n) is 2.45. The molecule has 0 atom stereocenters. The minimum Gasteiger partial charge on any atom is -0.466 e. The summed E-state index contributed by atoms with van der Waals surface area (Å²) >= 11 is 0. The van der Waals surface area contributed by atoms with Gasteiger partial charge in [-0.1, -0.05) is 62.1 Å². The molecule has 110 valence electrons. The van der Waals surface area contributed by atoms with Crippen LogP contribution in [-0.2, 0) is 9.53 Å². The van der Waals surface area contributed by atoms with E-state index >= 15 is 0 Å². The van der Waals surface area contributed by atoms with Crippen molar-refractivity contribution in [1.82, 2.24) is 0 Å². The lowest BCUT2D eigenvalue weighted by atomic mass is 10.0. The standard InChI is InChI=1S/C18H22O2Si/c1-20-18(19)16(13-21(2,3)4)12-15-10-7-9-14-8-5-6-11-17(14)15/h5-12H,13H2,1-4H3/b16-12+. The minimum absolute atomic E-state index is 0.217. The van der Waals surface area contributed by atoms with Crippen LogP contribution in [0.1, 0.15) is 5.56 Å². The number of hydrogen-bond donors (Lipinski definition) is 0. The largest absolute Gasteiger partial charge is 0.466 e. The van der Waals surface area contributed by atoms with Crippen LogP contribution in [0.15, 0.2) is 48.0 Å². The van der Waals surface area contributed by atoms with Crippen LogP contribution in [0.5, 0.6) is 0 Å². The van der Waals surface area contributed by atoms with Crippen molar-refractivity contribution in [1.29, 1.82) is 0 Å². The Hall–Kier alpha value is -1.87. The second-order valence-electron chi connectivity index (χ2n) is 6.47. The molecular weight excluding hydrogens is 276 g/mol. The molecule has 0 radical (unpaired) electrons. The van der Waals surface area contributed by atoms with Gasteiger partial charge in [-0.05, 0) is 28.5 Å². The molecule has 2 aromatic rings. The van der Waals surface area contributed by atoms with Gasteiger partial charge in [-0.15, -0.1) is 0 Å². The minimum atomic E-state index is -1.39. The van der Waals surface area contributed by atoms with Crippen LogP contribution in [0, 0.1) is 0 Å². The molecule has 2 rings (SSSR count). The summed E-state index contributed by atoms with van der Waals surface area (Å²) in [4.78, 5) is 12.1. The predicted molar refractivity (Wildman–Crippen MR) is 92.1 cm³/mol. The molecule has 0 saturated heterocycles. The van der Waals surface area contributed by atoms with Crippen molar-refractivity contribution in [2.45, 2.75) is 25.7 Å². The van der Waals surface area contributed by atoms with Crippen LogP contribution in [0.4, 0.5) is 0 Å². The summed E-state index contributed by atoms with van der Waals surface area (Å²) < 4.78 is 4.96. The number of rotatable bonds is 4. The van der Waals surface area contributed by atoms with Crippen molar-refractivity contribution in [3.05, 3.63) is 53.6 Å². The van der Waals surface area contributed by atoms with E-state index in [-0.39, 0.29) is 5.97 Å². The summed E-state index contributed by atoms with van der Waals surface area (Å²) in [5.74, 6) is -0.217. The highest BCUT2D eigenvalue weighted by atomic mass is 28.3. The van der Waals surface area contributed by atoms with Gasteiger partial charge in [0, 0.05) is 13.6 Å². The number of hydrogen-bond acceptors (Lipinski definition) is 2. The summed E-state index contributed by atoms with van der Waals surface area (Å²) in [5, 5.41) is 2.35. The van der Waals surface area contributed by atoms with Crippen molar-refractivity contribution in [3.63, 3.8) is 0 Å². The number of carbonyl (C=O) groups is 1. The lowest BCUT2D eigenvalue weighted by molar-refractivity contribution is -0.135. The number of fused-ring (bicyclic) bond motifs is 1. The van der Waals surface area contributed by atoms with Gasteiger partial charge in [-0.3, -0.25) is 0 Å². The maximum Gasteiger partial charge on any atom is 0.333 e. The molecular formula is C18H22O2Si. The second kappa shape index (κ2) is 6.27. The maximum absolute atomic E-state index is 12.1. The van der Waals surface area contributed by atoms with Gasteiger partial charge in [-0.2, -0.15) is 0 Å². The first kappa shape index (κ1) is 15.5. The molecule has 2 aromatic carbocycles. The van der Waals surface area contributed by atoms with Crippen LogP contribution in [0.2, 0.25) is 25.7 Å². The molecule has 0 aromatic heterocycles. The smallest absolute Gasteiger partial charge is 0.333 e. The van der Waals surface area contributed by atoms with Crippen molar-refractivity contribution < 1.29 is 9.53 Å². The number of carbonyl (C=O) groups excluding carboxylic acids is 1. The van der Waals surface area contributed by atoms with Crippen molar-refractivity contribution in [2.24, 2.45) is 0 Å². The molecule has 0 spiro atoms. The van der Waals surface area contributed by atoms with Crippen LogP contribution >= 0.6 is 0 Å². The van der Waals surface area contributed by atoms with Gasteiger partial charge >= 0.3 is 5.97 Å². The van der Waals surface area contributed by atoms with E-state index in [1.807, 2.05) is 24.3 Å². The molecule has 0 aliphatic rings. The molecule has 0 heterocycles. The lowest BCUT2D eigenvalue weighted by Crippen LogP contribution is -2.23. The first-order valence-electron chi connectivity index (χ1n) is 7.17. The Morgan fingerprint density at radius 2 is 1.76 bits per heavy atom. The number of ether oxygens (including phenoxy) is 1. The van der Waals surface area contributed by atoms with E-state index in [2.05, 4.69) is 43.9 Å². The Bertz CT molecular complexity index is 676. The predicted octanol–water partition coefficient (Wildman–Crippen LogP) is 4.73. The van der Waals surface area contributed by atoms with E-state index in [9.17, 15) is 4.79 Å². The van der Waals surface area contributed by atoms with E-state index in [0.717, 1.165) is 22.6 Å². The molecule has 0 unspecified atom stereocenters. The van der Waals surface area contributed by atoms with Gasteiger partial charge in [0.05, 0.1) is 7.11 Å². The SMILES string of the molecule is COC(=O)/C(=C/c1cccc2ccccc12)C[Si](C)(C)C. The molecule has 0 aliphatic carbocycles. The number of esters is 1. The van der Waals surface area contributed by atoms with Gasteiger partial charge in [0.25, 0.3) is 0 Å². The number of methoxy groups -OCH3 is 1. The van der Waals surface area contributed by atoms with Crippen LogP contribution in [-0.4, -0.2) is 21.2 Å². The average molecular weight is 298 g/mol.